The summed E-state index contributed by atoms with van der Waals surface area (Å²) in [6, 6.07) is 7.64. The van der Waals surface area contributed by atoms with Crippen molar-refractivity contribution in [2.75, 3.05) is 18.1 Å². The van der Waals surface area contributed by atoms with Crippen LogP contribution in [0.2, 0.25) is 0 Å². The molecule has 2 heterocycles. The first kappa shape index (κ1) is 19.8. The Labute approximate surface area is 162 Å². The van der Waals surface area contributed by atoms with Crippen LogP contribution in [-0.2, 0) is 26.5 Å². The van der Waals surface area contributed by atoms with Crippen molar-refractivity contribution in [3.8, 4) is 0 Å². The van der Waals surface area contributed by atoms with Crippen LogP contribution in [0.15, 0.2) is 29.3 Å². The summed E-state index contributed by atoms with van der Waals surface area (Å²) in [7, 11) is -2.08. The molecule has 1 fully saturated rings. The molecule has 0 radical (unpaired) electrons. The molecular weight excluding hydrogens is 386 g/mol. The number of aryl methyl sites for hydroxylation is 1. The molecule has 3 rings (SSSR count). The number of carbonyl (C=O) groups excluding carboxylic acids is 2. The highest BCUT2D eigenvalue weighted by Crippen LogP contribution is 2.17. The second-order valence-electron chi connectivity index (χ2n) is 6.88. The molecule has 7 nitrogen and oxygen atoms in total. The van der Waals surface area contributed by atoms with Crippen LogP contribution in [0.4, 0.5) is 0 Å². The van der Waals surface area contributed by atoms with Gasteiger partial charge in [-0.3, -0.25) is 9.59 Å². The lowest BCUT2D eigenvalue weighted by atomic mass is 10.0. The van der Waals surface area contributed by atoms with Gasteiger partial charge in [0.05, 0.1) is 10.2 Å². The van der Waals surface area contributed by atoms with Crippen LogP contribution in [0.1, 0.15) is 26.2 Å². The Bertz CT molecular complexity index is 1040. The van der Waals surface area contributed by atoms with Crippen molar-refractivity contribution in [3.05, 3.63) is 29.1 Å². The molecule has 9 heteroatoms. The first-order valence-corrected chi connectivity index (χ1v) is 11.5. The molecule has 1 aromatic carbocycles. The highest BCUT2D eigenvalue weighted by atomic mass is 32.2. The first-order chi connectivity index (χ1) is 12.8. The van der Waals surface area contributed by atoms with E-state index < -0.39 is 33.2 Å². The van der Waals surface area contributed by atoms with Crippen molar-refractivity contribution < 1.29 is 18.0 Å². The van der Waals surface area contributed by atoms with Crippen molar-refractivity contribution in [1.29, 1.82) is 0 Å². The zero-order valence-electron chi connectivity index (χ0n) is 15.4. The SMILES string of the molecule is CC1CCCCN1C(=O)CS(=O)(=O)CC(=O)N=c1sc2ccccc2n1C. The standard InChI is InChI=1S/C18H23N3O4S2/c1-13-7-5-6-10-21(13)17(23)12-27(24,25)11-16(22)19-18-20(2)14-8-3-4-9-15(14)26-18/h3-4,8-9,13H,5-7,10-12H2,1-2H3. The molecule has 1 aliphatic heterocycles. The van der Waals surface area contributed by atoms with Crippen LogP contribution in [-0.4, -0.2) is 53.8 Å². The van der Waals surface area contributed by atoms with E-state index in [0.29, 0.717) is 11.3 Å². The number of fused-ring (bicyclic) bond motifs is 1. The van der Waals surface area contributed by atoms with Gasteiger partial charge in [0.25, 0.3) is 5.91 Å². The molecule has 1 atom stereocenters. The predicted molar refractivity (Wildman–Crippen MR) is 105 cm³/mol. The lowest BCUT2D eigenvalue weighted by Gasteiger charge is -2.33. The Morgan fingerprint density at radius 2 is 1.96 bits per heavy atom. The number of thiazole rings is 1. The molecule has 1 aliphatic rings. The van der Waals surface area contributed by atoms with Gasteiger partial charge in [-0.25, -0.2) is 8.42 Å². The number of hydrogen-bond donors (Lipinski definition) is 0. The van der Waals surface area contributed by atoms with Gasteiger partial charge < -0.3 is 9.47 Å². The quantitative estimate of drug-likeness (QED) is 0.765. The highest BCUT2D eigenvalue weighted by Gasteiger charge is 2.28. The maximum Gasteiger partial charge on any atom is 0.263 e. The van der Waals surface area contributed by atoms with Crippen LogP contribution in [0, 0.1) is 0 Å². The lowest BCUT2D eigenvalue weighted by Crippen LogP contribution is -2.45. The van der Waals surface area contributed by atoms with Crippen molar-refractivity contribution in [3.63, 3.8) is 0 Å². The fourth-order valence-electron chi connectivity index (χ4n) is 3.31. The number of likely N-dealkylation sites (tertiary alicyclic amines) is 1. The molecule has 0 bridgehead atoms. The van der Waals surface area contributed by atoms with Crippen molar-refractivity contribution in [2.45, 2.75) is 32.2 Å². The molecule has 0 N–H and O–H groups in total. The lowest BCUT2D eigenvalue weighted by molar-refractivity contribution is -0.131. The Kier molecular flexibility index (Phi) is 5.81. The van der Waals surface area contributed by atoms with Crippen LogP contribution >= 0.6 is 11.3 Å². The Morgan fingerprint density at radius 3 is 2.67 bits per heavy atom. The number of rotatable bonds is 4. The maximum absolute atomic E-state index is 12.3. The summed E-state index contributed by atoms with van der Waals surface area (Å²) in [6.45, 7) is 2.50. The first-order valence-electron chi connectivity index (χ1n) is 8.89. The van der Waals surface area contributed by atoms with E-state index in [1.807, 2.05) is 31.2 Å². The number of amides is 2. The number of aromatic nitrogens is 1. The van der Waals surface area contributed by atoms with Crippen molar-refractivity contribution in [1.82, 2.24) is 9.47 Å². The van der Waals surface area contributed by atoms with Gasteiger partial charge in [-0.1, -0.05) is 23.5 Å². The van der Waals surface area contributed by atoms with E-state index in [-0.39, 0.29) is 6.04 Å². The minimum Gasteiger partial charge on any atom is -0.339 e. The number of para-hydroxylation sites is 1. The summed E-state index contributed by atoms with van der Waals surface area (Å²) in [5.41, 5.74) is 0.922. The van der Waals surface area contributed by atoms with Gasteiger partial charge in [-0.2, -0.15) is 4.99 Å². The van der Waals surface area contributed by atoms with Gasteiger partial charge in [0.15, 0.2) is 14.6 Å². The zero-order chi connectivity index (χ0) is 19.6. The number of carbonyl (C=O) groups is 2. The second-order valence-corrected chi connectivity index (χ2v) is 9.95. The number of hydrogen-bond acceptors (Lipinski definition) is 5. The van der Waals surface area contributed by atoms with E-state index in [4.69, 9.17) is 0 Å². The number of nitrogens with zero attached hydrogens (tertiary/aromatic N) is 3. The molecule has 27 heavy (non-hydrogen) atoms. The molecule has 0 aliphatic carbocycles. The smallest absolute Gasteiger partial charge is 0.263 e. The average molecular weight is 410 g/mol. The van der Waals surface area contributed by atoms with Gasteiger partial charge in [-0.15, -0.1) is 0 Å². The van der Waals surface area contributed by atoms with Crippen molar-refractivity contribution >= 4 is 43.2 Å². The Morgan fingerprint density at radius 1 is 1.22 bits per heavy atom. The minimum absolute atomic E-state index is 0.0411. The minimum atomic E-state index is -3.85. The van der Waals surface area contributed by atoms with E-state index in [1.165, 1.54) is 11.3 Å². The summed E-state index contributed by atoms with van der Waals surface area (Å²) < 4.78 is 27.3. The fourth-order valence-corrected chi connectivity index (χ4v) is 5.43. The van der Waals surface area contributed by atoms with Crippen LogP contribution in [0.5, 0.6) is 0 Å². The third kappa shape index (κ3) is 4.65. The Balaban J connectivity index is 1.72. The molecule has 0 spiro atoms. The molecular formula is C18H23N3O4S2. The normalized spacial score (nSPS) is 18.8. The number of sulfone groups is 1. The second kappa shape index (κ2) is 7.93. The molecule has 1 unspecified atom stereocenters. The summed E-state index contributed by atoms with van der Waals surface area (Å²) in [4.78, 5) is 30.5. The van der Waals surface area contributed by atoms with Gasteiger partial charge in [-0.05, 0) is 38.3 Å². The maximum atomic E-state index is 12.3. The van der Waals surface area contributed by atoms with E-state index >= 15 is 0 Å². The number of piperidine rings is 1. The van der Waals surface area contributed by atoms with Crippen LogP contribution in [0.3, 0.4) is 0 Å². The summed E-state index contributed by atoms with van der Waals surface area (Å²) >= 11 is 1.32. The van der Waals surface area contributed by atoms with Gasteiger partial charge in [0.2, 0.25) is 5.91 Å². The molecule has 0 saturated carbocycles. The van der Waals surface area contributed by atoms with Crippen molar-refractivity contribution in [2.24, 2.45) is 12.0 Å². The highest BCUT2D eigenvalue weighted by molar-refractivity contribution is 7.92. The third-order valence-corrected chi connectivity index (χ3v) is 7.23. The van der Waals surface area contributed by atoms with E-state index in [1.54, 1.807) is 16.5 Å². The van der Waals surface area contributed by atoms with Gasteiger partial charge in [0, 0.05) is 19.6 Å². The summed E-state index contributed by atoms with van der Waals surface area (Å²) in [6.07, 6.45) is 2.80. The molecule has 1 saturated heterocycles. The topological polar surface area (TPSA) is 88.8 Å². The van der Waals surface area contributed by atoms with Gasteiger partial charge in [0.1, 0.15) is 11.5 Å². The largest absolute Gasteiger partial charge is 0.339 e. The fraction of sp³-hybridized carbons (Fsp3) is 0.500. The predicted octanol–water partition coefficient (Wildman–Crippen LogP) is 1.48. The monoisotopic (exact) mass is 409 g/mol. The van der Waals surface area contributed by atoms with Crippen LogP contribution < -0.4 is 4.80 Å². The van der Waals surface area contributed by atoms with E-state index in [9.17, 15) is 18.0 Å². The summed E-state index contributed by atoms with van der Waals surface area (Å²) in [5.74, 6) is -2.58. The summed E-state index contributed by atoms with van der Waals surface area (Å²) in [5, 5.41) is 0. The third-order valence-electron chi connectivity index (χ3n) is 4.75. The van der Waals surface area contributed by atoms with Crippen LogP contribution in [0.25, 0.3) is 10.2 Å². The molecule has 1 aromatic heterocycles. The van der Waals surface area contributed by atoms with E-state index in [0.717, 1.165) is 29.5 Å². The molecule has 2 amide bonds. The number of benzene rings is 1. The zero-order valence-corrected chi connectivity index (χ0v) is 17.1. The molecule has 2 aromatic rings. The molecule has 146 valence electrons. The van der Waals surface area contributed by atoms with E-state index in [2.05, 4.69) is 4.99 Å². The average Bonchev–Trinajstić information content (AvgIpc) is 2.90. The Hall–Kier alpha value is -2.00. The van der Waals surface area contributed by atoms with Gasteiger partial charge >= 0.3 is 0 Å².